The average molecular weight is 265 g/mol. The van der Waals surface area contributed by atoms with Crippen molar-refractivity contribution in [1.82, 2.24) is 10.2 Å². The van der Waals surface area contributed by atoms with E-state index >= 15 is 0 Å². The zero-order valence-corrected chi connectivity index (χ0v) is 11.6. The molecule has 6 nitrogen and oxygen atoms in total. The van der Waals surface area contributed by atoms with Gasteiger partial charge in [-0.05, 0) is 6.42 Å². The van der Waals surface area contributed by atoms with Crippen molar-refractivity contribution in [2.45, 2.75) is 26.3 Å². The number of nitrogens with one attached hydrogen (secondary N) is 1. The number of aliphatic hydroxyl groups is 1. The molecule has 1 aromatic heterocycles. The van der Waals surface area contributed by atoms with Gasteiger partial charge in [-0.15, -0.1) is 5.10 Å². The van der Waals surface area contributed by atoms with Gasteiger partial charge in [0.1, 0.15) is 0 Å². The molecule has 0 aliphatic carbocycles. The first-order valence-corrected chi connectivity index (χ1v) is 6.68. The lowest BCUT2D eigenvalue weighted by atomic mass is 9.95. The van der Waals surface area contributed by atoms with E-state index in [4.69, 9.17) is 5.73 Å². The van der Waals surface area contributed by atoms with Gasteiger partial charge in [0, 0.05) is 43.8 Å². The van der Waals surface area contributed by atoms with Gasteiger partial charge in [0.25, 0.3) is 0 Å². The molecule has 1 unspecified atom stereocenters. The Bertz CT molecular complexity index is 423. The first-order chi connectivity index (χ1) is 9.00. The fourth-order valence-electron chi connectivity index (χ4n) is 2.02. The summed E-state index contributed by atoms with van der Waals surface area (Å²) in [6.45, 7) is 6.62. The van der Waals surface area contributed by atoms with E-state index in [1.54, 1.807) is 6.20 Å². The van der Waals surface area contributed by atoms with Crippen molar-refractivity contribution >= 4 is 11.5 Å². The number of rotatable bonds is 5. The highest BCUT2D eigenvalue weighted by Crippen LogP contribution is 2.21. The topological polar surface area (TPSA) is 87.3 Å². The molecule has 0 spiro atoms. The van der Waals surface area contributed by atoms with Crippen LogP contribution in [0.3, 0.4) is 0 Å². The summed E-state index contributed by atoms with van der Waals surface area (Å²) in [6, 6.07) is 2.23. The van der Waals surface area contributed by atoms with E-state index in [-0.39, 0.29) is 18.1 Å². The molecule has 6 heteroatoms. The van der Waals surface area contributed by atoms with Crippen molar-refractivity contribution in [2.75, 3.05) is 36.5 Å². The highest BCUT2D eigenvalue weighted by molar-refractivity contribution is 5.53. The molecule has 19 heavy (non-hydrogen) atoms. The Labute approximate surface area is 114 Å². The number of hydrogen-bond donors (Lipinski definition) is 3. The third kappa shape index (κ3) is 3.78. The van der Waals surface area contributed by atoms with Crippen molar-refractivity contribution in [1.29, 1.82) is 0 Å². The van der Waals surface area contributed by atoms with Crippen LogP contribution in [0.15, 0.2) is 12.3 Å². The van der Waals surface area contributed by atoms with Crippen molar-refractivity contribution in [3.05, 3.63) is 12.3 Å². The molecule has 0 aromatic carbocycles. The fourth-order valence-corrected chi connectivity index (χ4v) is 2.02. The summed E-state index contributed by atoms with van der Waals surface area (Å²) < 4.78 is 0. The molecule has 0 saturated carbocycles. The second-order valence-electron chi connectivity index (χ2n) is 5.97. The zero-order chi connectivity index (χ0) is 13.9. The quantitative estimate of drug-likeness (QED) is 0.716. The molecule has 1 atom stereocenters. The molecule has 1 aliphatic heterocycles. The smallest absolute Gasteiger partial charge is 0.150 e. The molecule has 0 radical (unpaired) electrons. The van der Waals surface area contributed by atoms with E-state index in [0.29, 0.717) is 6.54 Å². The van der Waals surface area contributed by atoms with Crippen LogP contribution in [-0.4, -0.2) is 47.6 Å². The monoisotopic (exact) mass is 265 g/mol. The zero-order valence-electron chi connectivity index (χ0n) is 11.6. The summed E-state index contributed by atoms with van der Waals surface area (Å²) in [6.07, 6.45) is 2.78. The molecule has 106 valence electrons. The SMILES string of the molecule is CC(C)(CO)CNc1cc(N2CCC(N)C2)cnn1. The Hall–Kier alpha value is -1.40. The lowest BCUT2D eigenvalue weighted by molar-refractivity contribution is 0.170. The summed E-state index contributed by atoms with van der Waals surface area (Å²) in [7, 11) is 0. The predicted molar refractivity (Wildman–Crippen MR) is 76.2 cm³/mol. The maximum absolute atomic E-state index is 9.23. The first-order valence-electron chi connectivity index (χ1n) is 6.68. The second-order valence-corrected chi connectivity index (χ2v) is 5.97. The van der Waals surface area contributed by atoms with E-state index in [1.807, 2.05) is 19.9 Å². The summed E-state index contributed by atoms with van der Waals surface area (Å²) in [5.41, 5.74) is 6.79. The van der Waals surface area contributed by atoms with Gasteiger partial charge >= 0.3 is 0 Å². The number of anilines is 2. The number of aliphatic hydroxyl groups excluding tert-OH is 1. The van der Waals surface area contributed by atoms with Crippen LogP contribution in [-0.2, 0) is 0 Å². The van der Waals surface area contributed by atoms with Crippen molar-refractivity contribution in [2.24, 2.45) is 11.1 Å². The van der Waals surface area contributed by atoms with Crippen LogP contribution < -0.4 is 16.0 Å². The number of nitrogens with two attached hydrogens (primary N) is 1. The van der Waals surface area contributed by atoms with Crippen LogP contribution >= 0.6 is 0 Å². The minimum Gasteiger partial charge on any atom is -0.396 e. The Morgan fingerprint density at radius 1 is 1.58 bits per heavy atom. The normalized spacial score (nSPS) is 19.8. The van der Waals surface area contributed by atoms with Gasteiger partial charge in [-0.1, -0.05) is 13.8 Å². The highest BCUT2D eigenvalue weighted by Gasteiger charge is 2.20. The highest BCUT2D eigenvalue weighted by atomic mass is 16.3. The molecule has 2 heterocycles. The summed E-state index contributed by atoms with van der Waals surface area (Å²) >= 11 is 0. The average Bonchev–Trinajstić information content (AvgIpc) is 2.84. The van der Waals surface area contributed by atoms with E-state index in [2.05, 4.69) is 20.4 Å². The van der Waals surface area contributed by atoms with Crippen LogP contribution in [0.5, 0.6) is 0 Å². The van der Waals surface area contributed by atoms with Crippen molar-refractivity contribution < 1.29 is 5.11 Å². The van der Waals surface area contributed by atoms with Gasteiger partial charge in [-0.2, -0.15) is 5.10 Å². The number of nitrogens with zero attached hydrogens (tertiary/aromatic N) is 3. The Kier molecular flexibility index (Phi) is 4.21. The van der Waals surface area contributed by atoms with Gasteiger partial charge < -0.3 is 21.1 Å². The van der Waals surface area contributed by atoms with E-state index < -0.39 is 0 Å². The van der Waals surface area contributed by atoms with Gasteiger partial charge in [0.05, 0.1) is 11.9 Å². The minimum absolute atomic E-state index is 0.133. The molecule has 0 amide bonds. The van der Waals surface area contributed by atoms with Gasteiger partial charge in [-0.25, -0.2) is 0 Å². The molecular weight excluding hydrogens is 242 g/mol. The van der Waals surface area contributed by atoms with Gasteiger partial charge in [-0.3, -0.25) is 0 Å². The van der Waals surface area contributed by atoms with Gasteiger partial charge in [0.15, 0.2) is 5.82 Å². The van der Waals surface area contributed by atoms with Crippen LogP contribution in [0.4, 0.5) is 11.5 Å². The number of hydrogen-bond acceptors (Lipinski definition) is 6. The van der Waals surface area contributed by atoms with Crippen LogP contribution in [0.2, 0.25) is 0 Å². The lowest BCUT2D eigenvalue weighted by Crippen LogP contribution is -2.28. The van der Waals surface area contributed by atoms with E-state index in [0.717, 1.165) is 31.0 Å². The summed E-state index contributed by atoms with van der Waals surface area (Å²) in [5, 5.41) is 20.5. The van der Waals surface area contributed by atoms with Gasteiger partial charge in [0.2, 0.25) is 0 Å². The predicted octanol–water partition coefficient (Wildman–Crippen LogP) is 0.444. The molecular formula is C13H23N5O. The molecule has 1 aromatic rings. The largest absolute Gasteiger partial charge is 0.396 e. The minimum atomic E-state index is -0.173. The van der Waals surface area contributed by atoms with Crippen molar-refractivity contribution in [3.63, 3.8) is 0 Å². The molecule has 2 rings (SSSR count). The van der Waals surface area contributed by atoms with E-state index in [1.165, 1.54) is 0 Å². The number of aromatic nitrogens is 2. The maximum atomic E-state index is 9.23. The second kappa shape index (κ2) is 5.71. The lowest BCUT2D eigenvalue weighted by Gasteiger charge is -2.23. The van der Waals surface area contributed by atoms with Crippen LogP contribution in [0.25, 0.3) is 0 Å². The Morgan fingerprint density at radius 3 is 3.00 bits per heavy atom. The first kappa shape index (κ1) is 14.0. The van der Waals surface area contributed by atoms with Crippen LogP contribution in [0, 0.1) is 5.41 Å². The van der Waals surface area contributed by atoms with Crippen molar-refractivity contribution in [3.8, 4) is 0 Å². The maximum Gasteiger partial charge on any atom is 0.150 e. The molecule has 1 aliphatic rings. The Morgan fingerprint density at radius 2 is 2.37 bits per heavy atom. The third-order valence-corrected chi connectivity index (χ3v) is 3.41. The fraction of sp³-hybridized carbons (Fsp3) is 0.692. The summed E-state index contributed by atoms with van der Waals surface area (Å²) in [5.74, 6) is 0.736. The van der Waals surface area contributed by atoms with E-state index in [9.17, 15) is 5.11 Å². The third-order valence-electron chi connectivity index (χ3n) is 3.41. The molecule has 1 saturated heterocycles. The summed E-state index contributed by atoms with van der Waals surface area (Å²) in [4.78, 5) is 2.22. The Balaban J connectivity index is 1.99. The molecule has 4 N–H and O–H groups in total. The van der Waals surface area contributed by atoms with Crippen LogP contribution in [0.1, 0.15) is 20.3 Å². The molecule has 0 bridgehead atoms. The standard InChI is InChI=1S/C13H23N5O/c1-13(2,9-19)8-15-12-5-11(6-16-17-12)18-4-3-10(14)7-18/h5-6,10,19H,3-4,7-9,14H2,1-2H3,(H,15,17). The molecule has 1 fully saturated rings.